The van der Waals surface area contributed by atoms with Gasteiger partial charge in [0.15, 0.2) is 6.10 Å². The Morgan fingerprint density at radius 2 is 0.450 bits per heavy atom. The average molecular weight is 1120 g/mol. The van der Waals surface area contributed by atoms with Gasteiger partial charge in [0.1, 0.15) is 13.2 Å². The molecule has 0 aliphatic rings. The van der Waals surface area contributed by atoms with Crippen LogP contribution in [0.1, 0.15) is 361 Å². The Labute approximate surface area is 497 Å². The number of rotatable bonds is 64. The predicted octanol–water partition coefficient (Wildman–Crippen LogP) is 24.1. The summed E-state index contributed by atoms with van der Waals surface area (Å²) in [5, 5.41) is 0. The monoisotopic (exact) mass is 1120 g/mol. The minimum atomic E-state index is -0.785. The maximum Gasteiger partial charge on any atom is 0.306 e. The number of ether oxygens (including phenoxy) is 3. The lowest BCUT2D eigenvalue weighted by Gasteiger charge is -2.18. The Morgan fingerprint density at radius 1 is 0.250 bits per heavy atom. The highest BCUT2D eigenvalue weighted by molar-refractivity contribution is 5.71. The standard InChI is InChI=1S/C74H132O6/c1-4-7-10-13-16-19-22-25-28-29-30-31-32-33-34-35-36-37-38-39-40-41-42-43-44-45-47-49-52-55-58-61-64-67-73(76)79-70-71(69-78-72(75)66-63-60-57-54-51-48-27-24-21-18-15-12-9-6-3)80-74(77)68-65-62-59-56-53-50-46-26-23-20-17-14-11-8-5-2/h17,20,22,24-27,29-30,32-33,46,71H,4-16,18-19,21,23,28,31,34-45,47-70H2,1-3H3/b20-17-,25-22-,27-24-,30-29-,33-32-,46-26-. The van der Waals surface area contributed by atoms with E-state index >= 15 is 0 Å². The third kappa shape index (κ3) is 65.7. The van der Waals surface area contributed by atoms with Crippen LogP contribution in [0.3, 0.4) is 0 Å². The van der Waals surface area contributed by atoms with Crippen LogP contribution in [-0.2, 0) is 28.6 Å². The molecule has 0 radical (unpaired) electrons. The molecule has 0 bridgehead atoms. The Kier molecular flexibility index (Phi) is 65.7. The molecule has 1 atom stereocenters. The second-order valence-electron chi connectivity index (χ2n) is 23.4. The fourth-order valence-electron chi connectivity index (χ4n) is 10.1. The summed E-state index contributed by atoms with van der Waals surface area (Å²) in [5.74, 6) is -0.886. The van der Waals surface area contributed by atoms with Crippen molar-refractivity contribution < 1.29 is 28.6 Å². The molecule has 0 aromatic rings. The summed E-state index contributed by atoms with van der Waals surface area (Å²) in [6.07, 6.45) is 89.3. The number of carbonyl (C=O) groups excluding carboxylic acids is 3. The number of esters is 3. The molecule has 0 aromatic heterocycles. The highest BCUT2D eigenvalue weighted by atomic mass is 16.6. The molecule has 0 amide bonds. The van der Waals surface area contributed by atoms with Gasteiger partial charge >= 0.3 is 17.9 Å². The molecule has 1 unspecified atom stereocenters. The molecule has 464 valence electrons. The number of allylic oxidation sites excluding steroid dienone is 12. The van der Waals surface area contributed by atoms with Crippen LogP contribution in [0, 0.1) is 0 Å². The summed E-state index contributed by atoms with van der Waals surface area (Å²) in [6.45, 7) is 6.61. The molecule has 0 rings (SSSR count). The topological polar surface area (TPSA) is 78.9 Å². The quantitative estimate of drug-likeness (QED) is 0.0261. The maximum atomic E-state index is 12.9. The SMILES string of the molecule is CCCCC/C=C\C/C=C\CCCCCCCC(=O)OC(COC(=O)CCCCCCC/C=C\CCCCCCC)COC(=O)CCCCCCCCCCCCCCCCCCCC/C=C\C/C=C\C/C=C\CCCCCCC. The first-order valence-electron chi connectivity index (χ1n) is 34.9. The van der Waals surface area contributed by atoms with Crippen molar-refractivity contribution in [3.63, 3.8) is 0 Å². The van der Waals surface area contributed by atoms with Crippen molar-refractivity contribution in [2.45, 2.75) is 367 Å². The molecular weight excluding hydrogens is 985 g/mol. The van der Waals surface area contributed by atoms with Gasteiger partial charge < -0.3 is 14.2 Å². The van der Waals surface area contributed by atoms with E-state index < -0.39 is 6.10 Å². The zero-order valence-corrected chi connectivity index (χ0v) is 53.3. The summed E-state index contributed by atoms with van der Waals surface area (Å²) in [7, 11) is 0. The van der Waals surface area contributed by atoms with Gasteiger partial charge in [-0.2, -0.15) is 0 Å². The summed E-state index contributed by atoms with van der Waals surface area (Å²) in [6, 6.07) is 0. The number of unbranched alkanes of at least 4 members (excludes halogenated alkanes) is 41. The zero-order chi connectivity index (χ0) is 57.8. The Bertz CT molecular complexity index is 1470. The minimum absolute atomic E-state index is 0.0805. The predicted molar refractivity (Wildman–Crippen MR) is 348 cm³/mol. The molecule has 0 heterocycles. The van der Waals surface area contributed by atoms with Crippen molar-refractivity contribution in [1.82, 2.24) is 0 Å². The largest absolute Gasteiger partial charge is 0.462 e. The molecule has 0 aliphatic heterocycles. The van der Waals surface area contributed by atoms with Crippen molar-refractivity contribution in [3.8, 4) is 0 Å². The number of hydrogen-bond acceptors (Lipinski definition) is 6. The molecule has 6 nitrogen and oxygen atoms in total. The minimum Gasteiger partial charge on any atom is -0.462 e. The van der Waals surface area contributed by atoms with Gasteiger partial charge in [-0.15, -0.1) is 0 Å². The highest BCUT2D eigenvalue weighted by Gasteiger charge is 2.19. The van der Waals surface area contributed by atoms with Crippen molar-refractivity contribution in [3.05, 3.63) is 72.9 Å². The summed E-state index contributed by atoms with van der Waals surface area (Å²) >= 11 is 0. The van der Waals surface area contributed by atoms with E-state index in [0.29, 0.717) is 19.3 Å². The first kappa shape index (κ1) is 76.9. The summed E-state index contributed by atoms with van der Waals surface area (Å²) in [4.78, 5) is 38.3. The van der Waals surface area contributed by atoms with Crippen LogP contribution in [0.5, 0.6) is 0 Å². The van der Waals surface area contributed by atoms with Gasteiger partial charge in [-0.05, 0) is 116 Å². The first-order chi connectivity index (χ1) is 39.5. The van der Waals surface area contributed by atoms with Crippen LogP contribution >= 0.6 is 0 Å². The Morgan fingerprint density at radius 3 is 0.738 bits per heavy atom. The smallest absolute Gasteiger partial charge is 0.306 e. The second kappa shape index (κ2) is 68.3. The van der Waals surface area contributed by atoms with E-state index in [1.807, 2.05) is 0 Å². The van der Waals surface area contributed by atoms with Gasteiger partial charge in [-0.25, -0.2) is 0 Å². The Hall–Kier alpha value is -3.15. The van der Waals surface area contributed by atoms with E-state index in [2.05, 4.69) is 93.7 Å². The highest BCUT2D eigenvalue weighted by Crippen LogP contribution is 2.17. The molecule has 0 spiro atoms. The third-order valence-electron chi connectivity index (χ3n) is 15.4. The molecule has 0 saturated heterocycles. The number of carbonyl (C=O) groups is 3. The third-order valence-corrected chi connectivity index (χ3v) is 15.4. The molecule has 0 N–H and O–H groups in total. The van der Waals surface area contributed by atoms with Gasteiger partial charge in [0.25, 0.3) is 0 Å². The van der Waals surface area contributed by atoms with Gasteiger partial charge in [0.05, 0.1) is 0 Å². The van der Waals surface area contributed by atoms with Crippen LogP contribution < -0.4 is 0 Å². The zero-order valence-electron chi connectivity index (χ0n) is 53.3. The molecule has 0 aromatic carbocycles. The number of hydrogen-bond donors (Lipinski definition) is 0. The maximum absolute atomic E-state index is 12.9. The van der Waals surface area contributed by atoms with Crippen molar-refractivity contribution >= 4 is 17.9 Å². The molecular formula is C74H132O6. The lowest BCUT2D eigenvalue weighted by Crippen LogP contribution is -2.30. The summed E-state index contributed by atoms with van der Waals surface area (Å²) < 4.78 is 16.9. The van der Waals surface area contributed by atoms with Crippen LogP contribution in [0.15, 0.2) is 72.9 Å². The van der Waals surface area contributed by atoms with E-state index in [1.54, 1.807) is 0 Å². The Balaban J connectivity index is 4.15. The van der Waals surface area contributed by atoms with E-state index in [1.165, 1.54) is 218 Å². The fourth-order valence-corrected chi connectivity index (χ4v) is 10.1. The second-order valence-corrected chi connectivity index (χ2v) is 23.4. The van der Waals surface area contributed by atoms with Gasteiger partial charge in [-0.1, -0.05) is 299 Å². The van der Waals surface area contributed by atoms with Crippen LogP contribution in [0.4, 0.5) is 0 Å². The molecule has 0 saturated carbocycles. The lowest BCUT2D eigenvalue weighted by molar-refractivity contribution is -0.167. The van der Waals surface area contributed by atoms with E-state index in [9.17, 15) is 14.4 Å². The van der Waals surface area contributed by atoms with Crippen molar-refractivity contribution in [1.29, 1.82) is 0 Å². The van der Waals surface area contributed by atoms with Crippen molar-refractivity contribution in [2.24, 2.45) is 0 Å². The molecule has 80 heavy (non-hydrogen) atoms. The summed E-state index contributed by atoms with van der Waals surface area (Å²) in [5.41, 5.74) is 0. The fraction of sp³-hybridized carbons (Fsp3) is 0.797. The van der Waals surface area contributed by atoms with E-state index in [-0.39, 0.29) is 31.1 Å². The first-order valence-corrected chi connectivity index (χ1v) is 34.9. The normalized spacial score (nSPS) is 12.5. The van der Waals surface area contributed by atoms with Gasteiger partial charge in [0.2, 0.25) is 0 Å². The molecule has 0 aliphatic carbocycles. The van der Waals surface area contributed by atoms with Crippen molar-refractivity contribution in [2.75, 3.05) is 13.2 Å². The van der Waals surface area contributed by atoms with Gasteiger partial charge in [-0.3, -0.25) is 14.4 Å². The molecule has 0 fully saturated rings. The molecule has 6 heteroatoms. The lowest BCUT2D eigenvalue weighted by atomic mass is 10.0. The van der Waals surface area contributed by atoms with Crippen LogP contribution in [-0.4, -0.2) is 37.2 Å². The average Bonchev–Trinajstić information content (AvgIpc) is 3.46. The van der Waals surface area contributed by atoms with Crippen LogP contribution in [0.25, 0.3) is 0 Å². The van der Waals surface area contributed by atoms with Gasteiger partial charge in [0, 0.05) is 19.3 Å². The van der Waals surface area contributed by atoms with E-state index in [4.69, 9.17) is 14.2 Å². The van der Waals surface area contributed by atoms with E-state index in [0.717, 1.165) is 103 Å². The van der Waals surface area contributed by atoms with Crippen LogP contribution in [0.2, 0.25) is 0 Å².